The maximum atomic E-state index is 5.37. The van der Waals surface area contributed by atoms with E-state index in [1.807, 2.05) is 12.3 Å². The second-order valence-electron chi connectivity index (χ2n) is 6.88. The van der Waals surface area contributed by atoms with Crippen molar-refractivity contribution in [3.63, 3.8) is 0 Å². The van der Waals surface area contributed by atoms with Crippen molar-refractivity contribution in [3.8, 4) is 0 Å². The molecular formula is C17H21N7O. The minimum absolute atomic E-state index is 0.516. The third-order valence-electron chi connectivity index (χ3n) is 5.00. The molecule has 1 saturated carbocycles. The number of hydrogen-bond acceptors (Lipinski definition) is 7. The lowest BCUT2D eigenvalue weighted by Gasteiger charge is -2.22. The fraction of sp³-hybridized carbons (Fsp3) is 0.529. The molecule has 4 heterocycles. The highest BCUT2D eigenvalue weighted by Gasteiger charge is 2.30. The first kappa shape index (κ1) is 14.8. The number of fused-ring (bicyclic) bond motifs is 1. The minimum atomic E-state index is 0.516. The van der Waals surface area contributed by atoms with Crippen molar-refractivity contribution in [3.05, 3.63) is 30.3 Å². The Morgan fingerprint density at radius 2 is 2.12 bits per heavy atom. The molecule has 2 aliphatic rings. The van der Waals surface area contributed by atoms with Gasteiger partial charge in [-0.15, -0.1) is 0 Å². The number of aromatic nitrogens is 5. The summed E-state index contributed by atoms with van der Waals surface area (Å²) in [5.74, 6) is 3.17. The van der Waals surface area contributed by atoms with Crippen LogP contribution in [0.4, 0.5) is 5.82 Å². The van der Waals surface area contributed by atoms with Crippen LogP contribution in [-0.2, 0) is 6.54 Å². The predicted octanol–water partition coefficient (Wildman–Crippen LogP) is 1.93. The van der Waals surface area contributed by atoms with E-state index >= 15 is 0 Å². The van der Waals surface area contributed by atoms with Crippen LogP contribution >= 0.6 is 0 Å². The molecule has 1 N–H and O–H groups in total. The van der Waals surface area contributed by atoms with E-state index in [4.69, 9.17) is 4.52 Å². The Bertz CT molecular complexity index is 869. The molecule has 0 amide bonds. The zero-order chi connectivity index (χ0) is 16.6. The Balaban J connectivity index is 1.27. The number of nitrogens with zero attached hydrogens (tertiary/aromatic N) is 6. The molecule has 0 atom stereocenters. The van der Waals surface area contributed by atoms with Gasteiger partial charge in [0, 0.05) is 38.3 Å². The monoisotopic (exact) mass is 339 g/mol. The molecule has 8 nitrogen and oxygen atoms in total. The van der Waals surface area contributed by atoms with E-state index in [1.54, 1.807) is 6.33 Å². The van der Waals surface area contributed by atoms with E-state index in [-0.39, 0.29) is 0 Å². The van der Waals surface area contributed by atoms with Gasteiger partial charge >= 0.3 is 0 Å². The molecule has 0 spiro atoms. The van der Waals surface area contributed by atoms with Crippen molar-refractivity contribution in [2.24, 2.45) is 0 Å². The van der Waals surface area contributed by atoms with Gasteiger partial charge in [-0.3, -0.25) is 4.90 Å². The van der Waals surface area contributed by atoms with Crippen molar-refractivity contribution in [2.75, 3.05) is 31.1 Å². The molecule has 1 saturated heterocycles. The zero-order valence-electron chi connectivity index (χ0n) is 14.1. The van der Waals surface area contributed by atoms with Crippen molar-refractivity contribution in [1.29, 1.82) is 0 Å². The van der Waals surface area contributed by atoms with Crippen molar-refractivity contribution in [2.45, 2.75) is 31.7 Å². The van der Waals surface area contributed by atoms with Gasteiger partial charge in [-0.2, -0.15) is 4.98 Å². The van der Waals surface area contributed by atoms with Gasteiger partial charge in [0.15, 0.2) is 5.82 Å². The molecule has 2 fully saturated rings. The third kappa shape index (κ3) is 2.97. The highest BCUT2D eigenvalue weighted by molar-refractivity contribution is 5.87. The fourth-order valence-corrected chi connectivity index (χ4v) is 3.48. The first-order valence-corrected chi connectivity index (χ1v) is 8.95. The van der Waals surface area contributed by atoms with Crippen LogP contribution < -0.4 is 4.90 Å². The van der Waals surface area contributed by atoms with Gasteiger partial charge in [0.2, 0.25) is 5.89 Å². The van der Waals surface area contributed by atoms with E-state index in [0.29, 0.717) is 5.92 Å². The standard InChI is InChI=1S/C17H21N7O/c1-6-23(10-14-21-17(25-22-14)12-2-3-12)8-9-24(7-1)16-13-4-5-18-15(13)19-11-20-16/h4-5,11-12H,1-3,6-10H2,(H,18,19,20). The van der Waals surface area contributed by atoms with Crippen LogP contribution in [0.15, 0.2) is 23.1 Å². The van der Waals surface area contributed by atoms with Crippen LogP contribution in [0.2, 0.25) is 0 Å². The molecule has 3 aromatic rings. The lowest BCUT2D eigenvalue weighted by atomic mass is 10.3. The van der Waals surface area contributed by atoms with Crippen LogP contribution in [0.1, 0.15) is 36.9 Å². The summed E-state index contributed by atoms with van der Waals surface area (Å²) >= 11 is 0. The average molecular weight is 339 g/mol. The molecule has 0 unspecified atom stereocenters. The van der Waals surface area contributed by atoms with Crippen LogP contribution in [0.25, 0.3) is 11.0 Å². The SMILES string of the molecule is c1nc(N2CCCN(Cc3noc(C4CC4)n3)CC2)c2cc[nH]c2n1. The van der Waals surface area contributed by atoms with Crippen LogP contribution in [0, 0.1) is 0 Å². The van der Waals surface area contributed by atoms with Gasteiger partial charge in [-0.05, 0) is 25.3 Å². The minimum Gasteiger partial charge on any atom is -0.355 e. The van der Waals surface area contributed by atoms with Crippen molar-refractivity contribution < 1.29 is 4.52 Å². The summed E-state index contributed by atoms with van der Waals surface area (Å²) in [5.41, 5.74) is 0.894. The number of H-pyrrole nitrogens is 1. The van der Waals surface area contributed by atoms with Gasteiger partial charge in [-0.1, -0.05) is 5.16 Å². The van der Waals surface area contributed by atoms with E-state index in [2.05, 4.69) is 34.9 Å². The number of aromatic amines is 1. The second-order valence-corrected chi connectivity index (χ2v) is 6.88. The number of nitrogens with one attached hydrogen (secondary N) is 1. The molecule has 25 heavy (non-hydrogen) atoms. The van der Waals surface area contributed by atoms with Gasteiger partial charge in [0.25, 0.3) is 0 Å². The Morgan fingerprint density at radius 1 is 1.16 bits per heavy atom. The molecule has 5 rings (SSSR count). The first-order chi connectivity index (χ1) is 12.4. The lowest BCUT2D eigenvalue weighted by Crippen LogP contribution is -2.31. The molecule has 130 valence electrons. The predicted molar refractivity (Wildman–Crippen MR) is 92.3 cm³/mol. The summed E-state index contributed by atoms with van der Waals surface area (Å²) in [7, 11) is 0. The second kappa shape index (κ2) is 6.11. The van der Waals surface area contributed by atoms with Gasteiger partial charge in [0.05, 0.1) is 11.9 Å². The zero-order valence-corrected chi connectivity index (χ0v) is 14.1. The largest absolute Gasteiger partial charge is 0.355 e. The van der Waals surface area contributed by atoms with Crippen molar-refractivity contribution >= 4 is 16.9 Å². The molecule has 0 radical (unpaired) electrons. The summed E-state index contributed by atoms with van der Waals surface area (Å²) in [6.07, 6.45) is 7.01. The first-order valence-electron chi connectivity index (χ1n) is 8.95. The Kier molecular flexibility index (Phi) is 3.62. The van der Waals surface area contributed by atoms with Gasteiger partial charge in [0.1, 0.15) is 17.8 Å². The van der Waals surface area contributed by atoms with E-state index < -0.39 is 0 Å². The van der Waals surface area contributed by atoms with Gasteiger partial charge < -0.3 is 14.4 Å². The Hall–Kier alpha value is -2.48. The van der Waals surface area contributed by atoms with E-state index in [1.165, 1.54) is 12.8 Å². The fourth-order valence-electron chi connectivity index (χ4n) is 3.48. The van der Waals surface area contributed by atoms with Crippen molar-refractivity contribution in [1.82, 2.24) is 30.0 Å². The average Bonchev–Trinajstić information content (AvgIpc) is 3.26. The summed E-state index contributed by atoms with van der Waals surface area (Å²) in [4.78, 5) is 21.3. The normalized spacial score (nSPS) is 19.4. The van der Waals surface area contributed by atoms with Gasteiger partial charge in [-0.25, -0.2) is 9.97 Å². The molecular weight excluding hydrogens is 318 g/mol. The smallest absolute Gasteiger partial charge is 0.229 e. The van der Waals surface area contributed by atoms with Crippen LogP contribution in [0.5, 0.6) is 0 Å². The molecule has 1 aliphatic heterocycles. The van der Waals surface area contributed by atoms with E-state index in [9.17, 15) is 0 Å². The highest BCUT2D eigenvalue weighted by Crippen LogP contribution is 2.38. The quantitative estimate of drug-likeness (QED) is 0.777. The molecule has 0 aromatic carbocycles. The highest BCUT2D eigenvalue weighted by atomic mass is 16.5. The molecule has 3 aromatic heterocycles. The topological polar surface area (TPSA) is 87.0 Å². The maximum absolute atomic E-state index is 5.37. The number of hydrogen-bond donors (Lipinski definition) is 1. The van der Waals surface area contributed by atoms with Crippen LogP contribution in [0.3, 0.4) is 0 Å². The lowest BCUT2D eigenvalue weighted by molar-refractivity contribution is 0.271. The number of anilines is 1. The molecule has 0 bridgehead atoms. The summed E-state index contributed by atoms with van der Waals surface area (Å²) in [6.45, 7) is 4.68. The van der Waals surface area contributed by atoms with Crippen LogP contribution in [-0.4, -0.2) is 56.2 Å². The maximum Gasteiger partial charge on any atom is 0.229 e. The van der Waals surface area contributed by atoms with E-state index in [0.717, 1.165) is 67.7 Å². The Labute approximate surface area is 145 Å². The Morgan fingerprint density at radius 3 is 3.04 bits per heavy atom. The summed E-state index contributed by atoms with van der Waals surface area (Å²) in [5, 5.41) is 5.23. The molecule has 1 aliphatic carbocycles. The molecule has 8 heteroatoms. The number of rotatable bonds is 4. The summed E-state index contributed by atoms with van der Waals surface area (Å²) in [6, 6.07) is 2.05. The third-order valence-corrected chi connectivity index (χ3v) is 5.00. The summed E-state index contributed by atoms with van der Waals surface area (Å²) < 4.78 is 5.37.